The Labute approximate surface area is 131 Å². The average Bonchev–Trinajstić information content (AvgIpc) is 2.47. The minimum Gasteiger partial charge on any atom is -0.467 e. The van der Waals surface area contributed by atoms with Gasteiger partial charge in [-0.05, 0) is 12.1 Å². The van der Waals surface area contributed by atoms with Crippen molar-refractivity contribution in [1.82, 2.24) is 0 Å². The molecule has 0 aliphatic heterocycles. The molecule has 2 N–H and O–H groups in total. The molecule has 0 saturated heterocycles. The number of halogens is 6. The molecular formula is C12H9ClF5NO4. The maximum absolute atomic E-state index is 13.3. The Bertz CT molecular complexity index is 624. The van der Waals surface area contributed by atoms with Gasteiger partial charge in [-0.15, -0.1) is 11.6 Å². The number of hydrogen-bond donors (Lipinski definition) is 2. The number of esters is 1. The minimum absolute atomic E-state index is 0.474. The molecule has 1 aromatic rings. The van der Waals surface area contributed by atoms with Crippen molar-refractivity contribution in [2.45, 2.75) is 17.2 Å². The number of rotatable bonds is 4. The molecule has 1 aromatic carbocycles. The number of nitrogens with one attached hydrogen (secondary N) is 1. The maximum atomic E-state index is 13.3. The van der Waals surface area contributed by atoms with Crippen LogP contribution >= 0.6 is 11.6 Å². The summed E-state index contributed by atoms with van der Waals surface area (Å²) >= 11 is 5.24. The molecule has 0 aliphatic carbocycles. The molecule has 0 saturated carbocycles. The summed E-state index contributed by atoms with van der Waals surface area (Å²) in [6, 6.07) is 1.77. The molecule has 0 radical (unpaired) electrons. The van der Waals surface area contributed by atoms with E-state index in [9.17, 15) is 36.6 Å². The first-order chi connectivity index (χ1) is 10.4. The lowest BCUT2D eigenvalue weighted by Crippen LogP contribution is -2.62. The SMILES string of the molecule is COC(=O)[C@](O)([C@@H](Cl)C(=O)Nc1cc(F)ccc1F)C(F)(F)F. The van der Waals surface area contributed by atoms with E-state index in [1.807, 2.05) is 0 Å². The highest BCUT2D eigenvalue weighted by molar-refractivity contribution is 6.35. The molecule has 0 spiro atoms. The van der Waals surface area contributed by atoms with Crippen LogP contribution in [0.15, 0.2) is 18.2 Å². The van der Waals surface area contributed by atoms with E-state index < -0.39 is 46.4 Å². The molecule has 5 nitrogen and oxygen atoms in total. The first kappa shape index (κ1) is 19.1. The number of ether oxygens (including phenoxy) is 1. The van der Waals surface area contributed by atoms with Crippen molar-refractivity contribution < 1.29 is 41.4 Å². The molecule has 23 heavy (non-hydrogen) atoms. The number of carbonyl (C=O) groups is 2. The van der Waals surface area contributed by atoms with Gasteiger partial charge in [0.25, 0.3) is 5.60 Å². The van der Waals surface area contributed by atoms with Gasteiger partial charge in [-0.1, -0.05) is 0 Å². The molecule has 0 bridgehead atoms. The van der Waals surface area contributed by atoms with E-state index in [2.05, 4.69) is 4.74 Å². The van der Waals surface area contributed by atoms with E-state index >= 15 is 0 Å². The third-order valence-corrected chi connectivity index (χ3v) is 3.23. The fourth-order valence-electron chi connectivity index (χ4n) is 1.50. The molecule has 0 fully saturated rings. The fraction of sp³-hybridized carbons (Fsp3) is 0.333. The summed E-state index contributed by atoms with van der Waals surface area (Å²) < 4.78 is 68.8. The van der Waals surface area contributed by atoms with Gasteiger partial charge in [0.2, 0.25) is 5.91 Å². The number of hydrogen-bond acceptors (Lipinski definition) is 4. The Hall–Kier alpha value is -1.94. The zero-order valence-corrected chi connectivity index (χ0v) is 12.0. The maximum Gasteiger partial charge on any atom is 0.430 e. The number of anilines is 1. The summed E-state index contributed by atoms with van der Waals surface area (Å²) in [5.41, 5.74) is -5.20. The van der Waals surface area contributed by atoms with Crippen LogP contribution < -0.4 is 5.32 Å². The molecule has 0 heterocycles. The average molecular weight is 362 g/mol. The Morgan fingerprint density at radius 2 is 1.87 bits per heavy atom. The van der Waals surface area contributed by atoms with E-state index in [1.54, 1.807) is 5.32 Å². The lowest BCUT2D eigenvalue weighted by atomic mass is 9.97. The second-order valence-electron chi connectivity index (χ2n) is 4.23. The van der Waals surface area contributed by atoms with Gasteiger partial charge >= 0.3 is 12.1 Å². The van der Waals surface area contributed by atoms with Crippen LogP contribution in [0.5, 0.6) is 0 Å². The Morgan fingerprint density at radius 1 is 1.30 bits per heavy atom. The second-order valence-corrected chi connectivity index (χ2v) is 4.67. The Balaban J connectivity index is 3.14. The van der Waals surface area contributed by atoms with Crippen molar-refractivity contribution >= 4 is 29.2 Å². The number of methoxy groups -OCH3 is 1. The molecular weight excluding hydrogens is 353 g/mol. The first-order valence-electron chi connectivity index (χ1n) is 5.72. The monoisotopic (exact) mass is 361 g/mol. The zero-order chi connectivity index (χ0) is 18.0. The van der Waals surface area contributed by atoms with Crippen LogP contribution in [0.1, 0.15) is 0 Å². The van der Waals surface area contributed by atoms with E-state index in [-0.39, 0.29) is 0 Å². The third-order valence-electron chi connectivity index (χ3n) is 2.71. The van der Waals surface area contributed by atoms with Crippen molar-refractivity contribution in [3.63, 3.8) is 0 Å². The quantitative estimate of drug-likeness (QED) is 0.488. The molecule has 1 rings (SSSR count). The Kier molecular flexibility index (Phi) is 5.54. The fourth-order valence-corrected chi connectivity index (χ4v) is 1.76. The normalized spacial score (nSPS) is 15.5. The molecule has 1 amide bonds. The van der Waals surface area contributed by atoms with Gasteiger partial charge < -0.3 is 15.2 Å². The minimum atomic E-state index is -5.66. The molecule has 2 atom stereocenters. The van der Waals surface area contributed by atoms with Gasteiger partial charge in [-0.3, -0.25) is 4.79 Å². The number of amides is 1. The van der Waals surface area contributed by atoms with Crippen molar-refractivity contribution in [1.29, 1.82) is 0 Å². The predicted octanol–water partition coefficient (Wildman–Crippen LogP) is 1.98. The van der Waals surface area contributed by atoms with Crippen LogP contribution in [0.4, 0.5) is 27.6 Å². The van der Waals surface area contributed by atoms with E-state index in [1.165, 1.54) is 0 Å². The zero-order valence-electron chi connectivity index (χ0n) is 11.2. The highest BCUT2D eigenvalue weighted by Gasteiger charge is 2.67. The van der Waals surface area contributed by atoms with Crippen molar-refractivity contribution in [2.24, 2.45) is 0 Å². The van der Waals surface area contributed by atoms with Crippen LogP contribution in [0, 0.1) is 11.6 Å². The summed E-state index contributed by atoms with van der Waals surface area (Å²) in [6.07, 6.45) is -5.66. The van der Waals surface area contributed by atoms with Crippen molar-refractivity contribution in [2.75, 3.05) is 12.4 Å². The second kappa shape index (κ2) is 6.67. The van der Waals surface area contributed by atoms with Gasteiger partial charge in [-0.2, -0.15) is 13.2 Å². The molecule has 11 heteroatoms. The highest BCUT2D eigenvalue weighted by Crippen LogP contribution is 2.37. The number of aliphatic hydroxyl groups is 1. The number of alkyl halides is 4. The van der Waals surface area contributed by atoms with E-state index in [4.69, 9.17) is 11.6 Å². The Morgan fingerprint density at radius 3 is 2.35 bits per heavy atom. The summed E-state index contributed by atoms with van der Waals surface area (Å²) in [5.74, 6) is -6.19. The van der Waals surface area contributed by atoms with Gasteiger partial charge in [0.1, 0.15) is 11.6 Å². The number of carbonyl (C=O) groups excluding carboxylic acids is 2. The summed E-state index contributed by atoms with van der Waals surface area (Å²) in [7, 11) is 0.535. The van der Waals surface area contributed by atoms with Crippen molar-refractivity contribution in [3.8, 4) is 0 Å². The van der Waals surface area contributed by atoms with Gasteiger partial charge in [0.05, 0.1) is 12.8 Å². The van der Waals surface area contributed by atoms with Gasteiger partial charge in [-0.25, -0.2) is 13.6 Å². The van der Waals surface area contributed by atoms with Crippen LogP contribution in [-0.4, -0.2) is 41.2 Å². The van der Waals surface area contributed by atoms with Crippen LogP contribution in [0.25, 0.3) is 0 Å². The number of benzene rings is 1. The van der Waals surface area contributed by atoms with E-state index in [0.717, 1.165) is 0 Å². The highest BCUT2D eigenvalue weighted by atomic mass is 35.5. The van der Waals surface area contributed by atoms with Crippen LogP contribution in [-0.2, 0) is 14.3 Å². The smallest absolute Gasteiger partial charge is 0.430 e. The molecule has 0 aliphatic rings. The summed E-state index contributed by atoms with van der Waals surface area (Å²) in [5, 5.41) is 8.13. The molecule has 0 unspecified atom stereocenters. The van der Waals surface area contributed by atoms with Gasteiger partial charge in [0.15, 0.2) is 5.38 Å². The van der Waals surface area contributed by atoms with Crippen LogP contribution in [0.2, 0.25) is 0 Å². The van der Waals surface area contributed by atoms with Crippen molar-refractivity contribution in [3.05, 3.63) is 29.8 Å². The van der Waals surface area contributed by atoms with E-state index in [0.29, 0.717) is 25.3 Å². The predicted molar refractivity (Wildman–Crippen MR) is 67.6 cm³/mol. The largest absolute Gasteiger partial charge is 0.467 e. The third kappa shape index (κ3) is 3.70. The molecule has 0 aromatic heterocycles. The topological polar surface area (TPSA) is 75.6 Å². The molecule has 128 valence electrons. The summed E-state index contributed by atoms with van der Waals surface area (Å²) in [6.45, 7) is 0. The van der Waals surface area contributed by atoms with Crippen LogP contribution in [0.3, 0.4) is 0 Å². The first-order valence-corrected chi connectivity index (χ1v) is 6.16. The van der Waals surface area contributed by atoms with Gasteiger partial charge in [0, 0.05) is 6.07 Å². The summed E-state index contributed by atoms with van der Waals surface area (Å²) in [4.78, 5) is 22.9. The lowest BCUT2D eigenvalue weighted by molar-refractivity contribution is -0.260. The standard InChI is InChI=1S/C12H9ClF5NO4/c1-23-10(21)11(22,12(16,17)18)8(13)9(20)19-7-4-5(14)2-3-6(7)15/h2-4,8,22H,1H3,(H,19,20)/t8-,11+/m0/s1. The lowest BCUT2D eigenvalue weighted by Gasteiger charge is -2.30.